The third kappa shape index (κ3) is 3.70. The maximum atomic E-state index is 12.1. The van der Waals surface area contributed by atoms with E-state index in [4.69, 9.17) is 0 Å². The first kappa shape index (κ1) is 15.0. The van der Waals surface area contributed by atoms with Crippen molar-refractivity contribution in [1.82, 2.24) is 15.5 Å². The van der Waals surface area contributed by atoms with E-state index in [1.165, 1.54) is 0 Å². The van der Waals surface area contributed by atoms with Gasteiger partial charge in [0.1, 0.15) is 0 Å². The highest BCUT2D eigenvalue weighted by molar-refractivity contribution is 5.90. The summed E-state index contributed by atoms with van der Waals surface area (Å²) in [5, 5.41) is 6.10. The van der Waals surface area contributed by atoms with Gasteiger partial charge in [0.25, 0.3) is 0 Å². The lowest BCUT2D eigenvalue weighted by atomic mass is 10.0. The minimum Gasteiger partial charge on any atom is -0.350 e. The summed E-state index contributed by atoms with van der Waals surface area (Å²) in [5.74, 6) is -0.105. The number of rotatable bonds is 4. The SMILES string of the molecule is CCC(C)(C)NC(=O)CN1CCNC(C)(C)C1=O. The molecule has 0 aliphatic carbocycles. The van der Waals surface area contributed by atoms with Gasteiger partial charge in [-0.15, -0.1) is 0 Å². The van der Waals surface area contributed by atoms with Crippen LogP contribution in [0.4, 0.5) is 0 Å². The monoisotopic (exact) mass is 255 g/mol. The topological polar surface area (TPSA) is 61.4 Å². The average Bonchev–Trinajstić information content (AvgIpc) is 2.24. The summed E-state index contributed by atoms with van der Waals surface area (Å²) < 4.78 is 0. The summed E-state index contributed by atoms with van der Waals surface area (Å²) >= 11 is 0. The Morgan fingerprint density at radius 1 is 1.50 bits per heavy atom. The molecular formula is C13H25N3O2. The molecule has 0 aromatic rings. The van der Waals surface area contributed by atoms with Crippen LogP contribution < -0.4 is 10.6 Å². The molecule has 18 heavy (non-hydrogen) atoms. The van der Waals surface area contributed by atoms with Gasteiger partial charge in [-0.05, 0) is 34.1 Å². The molecular weight excluding hydrogens is 230 g/mol. The first-order valence-electron chi connectivity index (χ1n) is 6.53. The highest BCUT2D eigenvalue weighted by atomic mass is 16.2. The number of nitrogens with one attached hydrogen (secondary N) is 2. The highest BCUT2D eigenvalue weighted by Crippen LogP contribution is 2.12. The molecule has 5 heteroatoms. The van der Waals surface area contributed by atoms with E-state index in [2.05, 4.69) is 10.6 Å². The Labute approximate surface area is 109 Å². The van der Waals surface area contributed by atoms with Crippen LogP contribution in [0, 0.1) is 0 Å². The van der Waals surface area contributed by atoms with Crippen LogP contribution in [0.2, 0.25) is 0 Å². The van der Waals surface area contributed by atoms with Crippen molar-refractivity contribution >= 4 is 11.8 Å². The van der Waals surface area contributed by atoms with Crippen molar-refractivity contribution in [3.8, 4) is 0 Å². The van der Waals surface area contributed by atoms with E-state index in [0.29, 0.717) is 6.54 Å². The predicted molar refractivity (Wildman–Crippen MR) is 71.2 cm³/mol. The van der Waals surface area contributed by atoms with Crippen molar-refractivity contribution in [2.45, 2.75) is 52.1 Å². The van der Waals surface area contributed by atoms with Gasteiger partial charge >= 0.3 is 0 Å². The molecule has 5 nitrogen and oxygen atoms in total. The van der Waals surface area contributed by atoms with Gasteiger partial charge in [-0.3, -0.25) is 9.59 Å². The quantitative estimate of drug-likeness (QED) is 0.769. The van der Waals surface area contributed by atoms with Crippen LogP contribution in [0.25, 0.3) is 0 Å². The van der Waals surface area contributed by atoms with Crippen LogP contribution in [-0.4, -0.2) is 47.4 Å². The largest absolute Gasteiger partial charge is 0.350 e. The summed E-state index contributed by atoms with van der Waals surface area (Å²) in [4.78, 5) is 25.6. The molecule has 1 heterocycles. The van der Waals surface area contributed by atoms with Crippen molar-refractivity contribution in [3.63, 3.8) is 0 Å². The van der Waals surface area contributed by atoms with Gasteiger partial charge in [-0.25, -0.2) is 0 Å². The zero-order chi connectivity index (χ0) is 14.0. The van der Waals surface area contributed by atoms with E-state index < -0.39 is 5.54 Å². The van der Waals surface area contributed by atoms with Gasteiger partial charge in [0, 0.05) is 18.6 Å². The number of hydrogen-bond acceptors (Lipinski definition) is 3. The number of nitrogens with zero attached hydrogens (tertiary/aromatic N) is 1. The normalized spacial score (nSPS) is 19.8. The van der Waals surface area contributed by atoms with Gasteiger partial charge in [0.2, 0.25) is 11.8 Å². The van der Waals surface area contributed by atoms with Gasteiger partial charge in [-0.1, -0.05) is 6.92 Å². The van der Waals surface area contributed by atoms with E-state index in [1.807, 2.05) is 34.6 Å². The first-order valence-corrected chi connectivity index (χ1v) is 6.53. The Bertz CT molecular complexity index is 337. The molecule has 1 aliphatic rings. The van der Waals surface area contributed by atoms with Crippen molar-refractivity contribution in [1.29, 1.82) is 0 Å². The van der Waals surface area contributed by atoms with Crippen molar-refractivity contribution in [2.75, 3.05) is 19.6 Å². The van der Waals surface area contributed by atoms with E-state index in [-0.39, 0.29) is 23.9 Å². The number of carbonyl (C=O) groups is 2. The van der Waals surface area contributed by atoms with Crippen LogP contribution >= 0.6 is 0 Å². The Morgan fingerprint density at radius 3 is 2.67 bits per heavy atom. The van der Waals surface area contributed by atoms with E-state index in [1.54, 1.807) is 4.90 Å². The van der Waals surface area contributed by atoms with Crippen molar-refractivity contribution < 1.29 is 9.59 Å². The molecule has 0 atom stereocenters. The molecule has 0 aromatic heterocycles. The van der Waals surface area contributed by atoms with Crippen LogP contribution in [0.15, 0.2) is 0 Å². The molecule has 0 bridgehead atoms. The van der Waals surface area contributed by atoms with E-state index >= 15 is 0 Å². The molecule has 2 N–H and O–H groups in total. The van der Waals surface area contributed by atoms with E-state index in [9.17, 15) is 9.59 Å². The number of hydrogen-bond donors (Lipinski definition) is 2. The highest BCUT2D eigenvalue weighted by Gasteiger charge is 2.36. The van der Waals surface area contributed by atoms with Crippen LogP contribution in [0.5, 0.6) is 0 Å². The molecule has 0 saturated carbocycles. The van der Waals surface area contributed by atoms with E-state index in [0.717, 1.165) is 13.0 Å². The van der Waals surface area contributed by atoms with Gasteiger partial charge in [0.15, 0.2) is 0 Å². The van der Waals surface area contributed by atoms with Crippen LogP contribution in [0.1, 0.15) is 41.0 Å². The Kier molecular flexibility index (Phi) is 4.37. The number of carbonyl (C=O) groups excluding carboxylic acids is 2. The van der Waals surface area contributed by atoms with Crippen LogP contribution in [0.3, 0.4) is 0 Å². The second kappa shape index (κ2) is 5.26. The minimum absolute atomic E-state index is 0.0156. The zero-order valence-electron chi connectivity index (χ0n) is 12.1. The van der Waals surface area contributed by atoms with Crippen molar-refractivity contribution in [2.24, 2.45) is 0 Å². The molecule has 0 radical (unpaired) electrons. The lowest BCUT2D eigenvalue weighted by Gasteiger charge is -2.38. The summed E-state index contributed by atoms with van der Waals surface area (Å²) in [5.41, 5.74) is -0.789. The second-order valence-electron chi connectivity index (χ2n) is 6.06. The fourth-order valence-corrected chi connectivity index (χ4v) is 1.91. The lowest BCUT2D eigenvalue weighted by molar-refractivity contribution is -0.143. The second-order valence-corrected chi connectivity index (χ2v) is 6.06. The fraction of sp³-hybridized carbons (Fsp3) is 0.846. The molecule has 1 aliphatic heterocycles. The fourth-order valence-electron chi connectivity index (χ4n) is 1.91. The first-order chi connectivity index (χ1) is 8.18. The van der Waals surface area contributed by atoms with Crippen LogP contribution in [-0.2, 0) is 9.59 Å². The summed E-state index contributed by atoms with van der Waals surface area (Å²) in [6.07, 6.45) is 0.861. The molecule has 0 unspecified atom stereocenters. The van der Waals surface area contributed by atoms with Gasteiger partial charge < -0.3 is 15.5 Å². The third-order valence-electron chi connectivity index (χ3n) is 3.47. The molecule has 0 aromatic carbocycles. The summed E-state index contributed by atoms with van der Waals surface area (Å²) in [7, 11) is 0. The standard InChI is InChI=1S/C13H25N3O2/c1-6-12(2,3)15-10(17)9-16-8-7-14-13(4,5)11(16)18/h14H,6-9H2,1-5H3,(H,15,17). The van der Waals surface area contributed by atoms with Gasteiger partial charge in [0.05, 0.1) is 12.1 Å². The average molecular weight is 255 g/mol. The molecule has 1 fully saturated rings. The predicted octanol–water partition coefficient (Wildman–Crippen LogP) is 0.502. The Hall–Kier alpha value is -1.10. The smallest absolute Gasteiger partial charge is 0.242 e. The summed E-state index contributed by atoms with van der Waals surface area (Å²) in [6, 6.07) is 0. The third-order valence-corrected chi connectivity index (χ3v) is 3.47. The molecule has 0 spiro atoms. The van der Waals surface area contributed by atoms with Crippen molar-refractivity contribution in [3.05, 3.63) is 0 Å². The maximum Gasteiger partial charge on any atom is 0.242 e. The zero-order valence-corrected chi connectivity index (χ0v) is 12.1. The minimum atomic E-state index is -0.571. The summed E-state index contributed by atoms with van der Waals surface area (Å²) in [6.45, 7) is 11.1. The number of amides is 2. The molecule has 104 valence electrons. The Balaban J connectivity index is 2.57. The number of piperazine rings is 1. The lowest BCUT2D eigenvalue weighted by Crippen LogP contribution is -2.63. The maximum absolute atomic E-state index is 12.1. The molecule has 1 saturated heterocycles. The van der Waals surface area contributed by atoms with Gasteiger partial charge in [-0.2, -0.15) is 0 Å². The molecule has 1 rings (SSSR count). The Morgan fingerprint density at radius 2 is 2.11 bits per heavy atom. The molecule has 2 amide bonds.